The molecule has 13 heavy (non-hydrogen) atoms. The van der Waals surface area contributed by atoms with E-state index < -0.39 is 10.1 Å². The summed E-state index contributed by atoms with van der Waals surface area (Å²) in [6.45, 7) is 4.93. The van der Waals surface area contributed by atoms with E-state index in [9.17, 15) is 4.21 Å². The van der Waals surface area contributed by atoms with Crippen molar-refractivity contribution in [2.24, 2.45) is 4.36 Å². The van der Waals surface area contributed by atoms with E-state index in [1.807, 2.05) is 13.8 Å². The van der Waals surface area contributed by atoms with Crippen LogP contribution in [0.1, 0.15) is 13.8 Å². The van der Waals surface area contributed by atoms with Gasteiger partial charge in [0.15, 0.2) is 10.1 Å². The molecule has 5 nitrogen and oxygen atoms in total. The highest BCUT2D eigenvalue weighted by molar-refractivity contribution is 7.89. The topological polar surface area (TPSA) is 59.7 Å². The zero-order chi connectivity index (χ0) is 10.5. The summed E-state index contributed by atoms with van der Waals surface area (Å²) in [5.41, 5.74) is 0. The molecule has 0 aliphatic rings. The lowest BCUT2D eigenvalue weighted by Gasteiger charge is -2.25. The fourth-order valence-corrected chi connectivity index (χ4v) is 2.30. The Morgan fingerprint density at radius 3 is 1.92 bits per heavy atom. The van der Waals surface area contributed by atoms with Crippen LogP contribution in [0.4, 0.5) is 0 Å². The number of nitrogens with zero attached hydrogens (tertiary/aromatic N) is 4. The molecule has 0 amide bonds. The minimum atomic E-state index is -2.67. The maximum atomic E-state index is 12.1. The Morgan fingerprint density at radius 1 is 1.31 bits per heavy atom. The van der Waals surface area contributed by atoms with Crippen LogP contribution in [-0.2, 0) is 10.1 Å². The number of rotatable bonds is 4. The molecule has 0 heterocycles. The largest absolute Gasteiger partial charge is 0.216 e. The summed E-state index contributed by atoms with van der Waals surface area (Å²) in [4.78, 5) is 0. The van der Waals surface area contributed by atoms with Crippen molar-refractivity contribution in [2.45, 2.75) is 13.8 Å². The minimum absolute atomic E-state index is 0.592. The van der Waals surface area contributed by atoms with E-state index in [1.165, 1.54) is 0 Å². The molecule has 0 aromatic rings. The van der Waals surface area contributed by atoms with E-state index in [1.54, 1.807) is 28.9 Å². The van der Waals surface area contributed by atoms with Gasteiger partial charge in [0, 0.05) is 27.2 Å². The van der Waals surface area contributed by atoms with Crippen molar-refractivity contribution in [1.29, 1.82) is 5.26 Å². The van der Waals surface area contributed by atoms with Gasteiger partial charge in [0.2, 0.25) is 6.19 Å². The summed E-state index contributed by atoms with van der Waals surface area (Å²) in [6, 6.07) is 0. The Kier molecular flexibility index (Phi) is 4.91. The van der Waals surface area contributed by atoms with Gasteiger partial charge in [0.1, 0.15) is 0 Å². The normalized spacial score (nSPS) is 11.8. The van der Waals surface area contributed by atoms with Gasteiger partial charge in [0.25, 0.3) is 0 Å². The third-order valence-electron chi connectivity index (χ3n) is 1.86. The van der Waals surface area contributed by atoms with Crippen LogP contribution in [0.3, 0.4) is 0 Å². The first-order valence-corrected chi connectivity index (χ1v) is 5.53. The predicted molar refractivity (Wildman–Crippen MR) is 52.8 cm³/mol. The molecule has 0 saturated carbocycles. The first-order valence-electron chi connectivity index (χ1n) is 4.10. The SMILES string of the molecule is CCN(C)S(=O)(=NC#N)N(C)CC. The van der Waals surface area contributed by atoms with Crippen molar-refractivity contribution in [1.82, 2.24) is 8.61 Å². The van der Waals surface area contributed by atoms with Gasteiger partial charge >= 0.3 is 0 Å². The molecule has 0 rings (SSSR count). The van der Waals surface area contributed by atoms with E-state index in [4.69, 9.17) is 5.26 Å². The Balaban J connectivity index is 5.11. The summed E-state index contributed by atoms with van der Waals surface area (Å²) in [6.07, 6.45) is 1.60. The minimum Gasteiger partial charge on any atom is -0.216 e. The van der Waals surface area contributed by atoms with Crippen molar-refractivity contribution >= 4 is 10.1 Å². The van der Waals surface area contributed by atoms with E-state index in [2.05, 4.69) is 4.36 Å². The van der Waals surface area contributed by atoms with Gasteiger partial charge in [-0.15, -0.1) is 0 Å². The molecule has 0 aliphatic heterocycles. The van der Waals surface area contributed by atoms with Gasteiger partial charge in [-0.1, -0.05) is 18.2 Å². The molecule has 0 spiro atoms. The molecular formula is C7H16N4OS. The van der Waals surface area contributed by atoms with Gasteiger partial charge in [-0.25, -0.2) is 12.8 Å². The van der Waals surface area contributed by atoms with Crippen molar-refractivity contribution in [2.75, 3.05) is 27.2 Å². The fourth-order valence-electron chi connectivity index (χ4n) is 0.767. The lowest BCUT2D eigenvalue weighted by atomic mass is 10.8. The third kappa shape index (κ3) is 2.66. The van der Waals surface area contributed by atoms with Gasteiger partial charge in [-0.05, 0) is 0 Å². The van der Waals surface area contributed by atoms with Crippen molar-refractivity contribution in [3.63, 3.8) is 0 Å². The highest BCUT2D eigenvalue weighted by Gasteiger charge is 2.18. The fraction of sp³-hybridized carbons (Fsp3) is 0.857. The average molecular weight is 204 g/mol. The molecule has 0 aromatic carbocycles. The van der Waals surface area contributed by atoms with Crippen LogP contribution in [0.15, 0.2) is 4.36 Å². The smallest absolute Gasteiger partial charge is 0.216 e. The molecule has 0 unspecified atom stereocenters. The zero-order valence-corrected chi connectivity index (χ0v) is 9.34. The highest BCUT2D eigenvalue weighted by atomic mass is 32.2. The van der Waals surface area contributed by atoms with Crippen molar-refractivity contribution in [3.8, 4) is 6.19 Å². The van der Waals surface area contributed by atoms with Crippen LogP contribution >= 0.6 is 0 Å². The summed E-state index contributed by atoms with van der Waals surface area (Å²) in [5, 5.41) is 8.44. The second kappa shape index (κ2) is 5.17. The van der Waals surface area contributed by atoms with E-state index in [-0.39, 0.29) is 0 Å². The number of hydrogen-bond acceptors (Lipinski definition) is 3. The summed E-state index contributed by atoms with van der Waals surface area (Å²) >= 11 is 0. The first kappa shape index (κ1) is 12.4. The third-order valence-corrected chi connectivity index (χ3v) is 4.32. The molecule has 0 fully saturated rings. The number of nitriles is 1. The summed E-state index contributed by atoms with van der Waals surface area (Å²) in [5.74, 6) is 0. The quantitative estimate of drug-likeness (QED) is 0.632. The lowest BCUT2D eigenvalue weighted by Crippen LogP contribution is -2.38. The Bertz CT molecular complexity index is 284. The molecule has 0 aromatic heterocycles. The Labute approximate surface area is 80.4 Å². The summed E-state index contributed by atoms with van der Waals surface area (Å²) < 4.78 is 18.7. The molecule has 0 atom stereocenters. The van der Waals surface area contributed by atoms with Gasteiger partial charge in [0.05, 0.1) is 0 Å². The maximum absolute atomic E-state index is 12.1. The maximum Gasteiger partial charge on any atom is 0.216 e. The van der Waals surface area contributed by atoms with Crippen LogP contribution in [0, 0.1) is 11.5 Å². The van der Waals surface area contributed by atoms with Gasteiger partial charge in [-0.2, -0.15) is 5.26 Å². The molecule has 0 saturated heterocycles. The van der Waals surface area contributed by atoms with Gasteiger partial charge < -0.3 is 0 Å². The van der Waals surface area contributed by atoms with Crippen LogP contribution in [0.5, 0.6) is 0 Å². The second-order valence-electron chi connectivity index (χ2n) is 2.55. The van der Waals surface area contributed by atoms with Crippen molar-refractivity contribution in [3.05, 3.63) is 0 Å². The van der Waals surface area contributed by atoms with E-state index in [0.29, 0.717) is 13.1 Å². The standard InChI is InChI=1S/C7H16N4OS/c1-5-10(3)13(12,9-7-8)11(4)6-2/h5-6H2,1-4H3. The van der Waals surface area contributed by atoms with Crippen LogP contribution in [-0.4, -0.2) is 40.0 Å². The summed E-state index contributed by atoms with van der Waals surface area (Å²) in [7, 11) is 0.714. The van der Waals surface area contributed by atoms with Crippen molar-refractivity contribution < 1.29 is 4.21 Å². The number of hydrogen-bond donors (Lipinski definition) is 0. The highest BCUT2D eigenvalue weighted by Crippen LogP contribution is 2.06. The van der Waals surface area contributed by atoms with Gasteiger partial charge in [-0.3, -0.25) is 0 Å². The molecule has 0 bridgehead atoms. The second-order valence-corrected chi connectivity index (χ2v) is 4.91. The molecular weight excluding hydrogens is 188 g/mol. The van der Waals surface area contributed by atoms with Crippen LogP contribution in [0.2, 0.25) is 0 Å². The lowest BCUT2D eigenvalue weighted by molar-refractivity contribution is 0.456. The predicted octanol–water partition coefficient (Wildman–Crippen LogP) is 0.669. The Hall–Kier alpha value is -0.640. The first-order chi connectivity index (χ1) is 6.02. The average Bonchev–Trinajstić information content (AvgIpc) is 2.15. The zero-order valence-electron chi connectivity index (χ0n) is 8.52. The molecule has 6 heteroatoms. The van der Waals surface area contributed by atoms with E-state index in [0.717, 1.165) is 0 Å². The van der Waals surface area contributed by atoms with Crippen LogP contribution in [0.25, 0.3) is 0 Å². The molecule has 0 N–H and O–H groups in total. The monoisotopic (exact) mass is 204 g/mol. The molecule has 0 radical (unpaired) electrons. The Morgan fingerprint density at radius 2 is 1.69 bits per heavy atom. The van der Waals surface area contributed by atoms with Crippen LogP contribution < -0.4 is 0 Å². The molecule has 76 valence electrons. The molecule has 0 aliphatic carbocycles. The van der Waals surface area contributed by atoms with E-state index >= 15 is 0 Å².